The van der Waals surface area contributed by atoms with E-state index in [4.69, 9.17) is 4.42 Å². The molecular formula is C23H24N2O4S. The average Bonchev–Trinajstić information content (AvgIpc) is 3.26. The van der Waals surface area contributed by atoms with Crippen molar-refractivity contribution in [3.63, 3.8) is 0 Å². The summed E-state index contributed by atoms with van der Waals surface area (Å²) < 4.78 is 33.0. The van der Waals surface area contributed by atoms with E-state index in [0.29, 0.717) is 11.3 Å². The molecule has 1 heterocycles. The van der Waals surface area contributed by atoms with Crippen molar-refractivity contribution < 1.29 is 17.6 Å². The lowest BCUT2D eigenvalue weighted by Crippen LogP contribution is -2.31. The molecule has 30 heavy (non-hydrogen) atoms. The van der Waals surface area contributed by atoms with Gasteiger partial charge in [-0.1, -0.05) is 30.3 Å². The monoisotopic (exact) mass is 424 g/mol. The Morgan fingerprint density at radius 2 is 1.97 bits per heavy atom. The zero-order chi connectivity index (χ0) is 21.1. The van der Waals surface area contributed by atoms with Crippen molar-refractivity contribution in [2.45, 2.75) is 43.7 Å². The average molecular weight is 425 g/mol. The quantitative estimate of drug-likeness (QED) is 0.629. The SMILES string of the molecule is Cc1ccc(S(=O)(=O)NCc2ccco2)cc1C(=O)NC1CCCc2ccccc21. The van der Waals surface area contributed by atoms with E-state index in [2.05, 4.69) is 16.1 Å². The molecule has 0 saturated heterocycles. The maximum atomic E-state index is 13.0. The maximum Gasteiger partial charge on any atom is 0.252 e. The molecular weight excluding hydrogens is 400 g/mol. The minimum absolute atomic E-state index is 0.0452. The lowest BCUT2D eigenvalue weighted by Gasteiger charge is -2.26. The van der Waals surface area contributed by atoms with Crippen LogP contribution in [-0.2, 0) is 23.0 Å². The molecule has 0 aliphatic heterocycles. The van der Waals surface area contributed by atoms with Gasteiger partial charge in [-0.15, -0.1) is 0 Å². The predicted octanol–water partition coefficient (Wildman–Crippen LogP) is 3.87. The highest BCUT2D eigenvalue weighted by Crippen LogP contribution is 2.30. The normalized spacial score (nSPS) is 16.1. The fourth-order valence-corrected chi connectivity index (χ4v) is 4.83. The number of nitrogens with one attached hydrogen (secondary N) is 2. The van der Waals surface area contributed by atoms with Gasteiger partial charge in [0.1, 0.15) is 5.76 Å². The first-order chi connectivity index (χ1) is 14.4. The summed E-state index contributed by atoms with van der Waals surface area (Å²) in [6, 6.07) is 16.0. The van der Waals surface area contributed by atoms with E-state index in [9.17, 15) is 13.2 Å². The number of carbonyl (C=O) groups is 1. The zero-order valence-corrected chi connectivity index (χ0v) is 17.5. The van der Waals surface area contributed by atoms with Crippen LogP contribution in [0.2, 0.25) is 0 Å². The van der Waals surface area contributed by atoms with Crippen LogP contribution in [0.15, 0.2) is 70.2 Å². The van der Waals surface area contributed by atoms with Crippen LogP contribution in [0.3, 0.4) is 0 Å². The van der Waals surface area contributed by atoms with E-state index in [1.165, 1.54) is 24.0 Å². The van der Waals surface area contributed by atoms with Crippen molar-refractivity contribution in [1.82, 2.24) is 10.0 Å². The Kier molecular flexibility index (Phi) is 5.74. The van der Waals surface area contributed by atoms with Gasteiger partial charge in [0.2, 0.25) is 10.0 Å². The molecule has 1 amide bonds. The first-order valence-electron chi connectivity index (χ1n) is 9.95. The van der Waals surface area contributed by atoms with E-state index >= 15 is 0 Å². The third-order valence-electron chi connectivity index (χ3n) is 5.46. The molecule has 0 bridgehead atoms. The first-order valence-corrected chi connectivity index (χ1v) is 11.4. The van der Waals surface area contributed by atoms with E-state index in [-0.39, 0.29) is 23.4 Å². The fourth-order valence-electron chi connectivity index (χ4n) is 3.82. The van der Waals surface area contributed by atoms with Crippen LogP contribution in [0.5, 0.6) is 0 Å². The van der Waals surface area contributed by atoms with Crippen molar-refractivity contribution in [1.29, 1.82) is 0 Å². The number of benzene rings is 2. The Balaban J connectivity index is 1.54. The predicted molar refractivity (Wildman–Crippen MR) is 113 cm³/mol. The second-order valence-corrected chi connectivity index (χ2v) is 9.26. The molecule has 0 fully saturated rings. The highest BCUT2D eigenvalue weighted by molar-refractivity contribution is 7.89. The molecule has 4 rings (SSSR count). The topological polar surface area (TPSA) is 88.4 Å². The molecule has 1 aliphatic carbocycles. The summed E-state index contributed by atoms with van der Waals surface area (Å²) in [6.07, 6.45) is 4.37. The summed E-state index contributed by atoms with van der Waals surface area (Å²) in [6.45, 7) is 1.85. The Morgan fingerprint density at radius 1 is 1.13 bits per heavy atom. The van der Waals surface area contributed by atoms with Gasteiger partial charge in [0.15, 0.2) is 0 Å². The molecule has 0 radical (unpaired) electrons. The van der Waals surface area contributed by atoms with Gasteiger partial charge in [0.05, 0.1) is 23.7 Å². The molecule has 1 unspecified atom stereocenters. The Hall–Kier alpha value is -2.90. The largest absolute Gasteiger partial charge is 0.468 e. The summed E-state index contributed by atoms with van der Waals surface area (Å²) >= 11 is 0. The number of aryl methyl sites for hydroxylation is 2. The van der Waals surface area contributed by atoms with Gasteiger partial charge in [-0.25, -0.2) is 13.1 Å². The highest BCUT2D eigenvalue weighted by Gasteiger charge is 2.24. The Bertz CT molecular complexity index is 1150. The van der Waals surface area contributed by atoms with Crippen LogP contribution in [-0.4, -0.2) is 14.3 Å². The van der Waals surface area contributed by atoms with E-state index in [1.807, 2.05) is 18.2 Å². The standard InChI is InChI=1S/C23H24N2O4S/c1-16-11-12-19(30(27,28)24-15-18-8-5-13-29-18)14-21(16)23(26)25-22-10-4-7-17-6-2-3-9-20(17)22/h2-3,5-6,8-9,11-14,22,24H,4,7,10,15H2,1H3,(H,25,26). The van der Waals surface area contributed by atoms with Crippen LogP contribution in [0.25, 0.3) is 0 Å². The fraction of sp³-hybridized carbons (Fsp3) is 0.261. The lowest BCUT2D eigenvalue weighted by molar-refractivity contribution is 0.0932. The van der Waals surface area contributed by atoms with Crippen molar-refractivity contribution >= 4 is 15.9 Å². The first kappa shape index (κ1) is 20.4. The van der Waals surface area contributed by atoms with Gasteiger partial charge in [0, 0.05) is 5.56 Å². The Morgan fingerprint density at radius 3 is 2.77 bits per heavy atom. The number of fused-ring (bicyclic) bond motifs is 1. The number of furan rings is 1. The molecule has 1 aliphatic rings. The smallest absolute Gasteiger partial charge is 0.252 e. The van der Waals surface area contributed by atoms with Crippen molar-refractivity contribution in [3.05, 3.63) is 88.9 Å². The third kappa shape index (κ3) is 4.32. The summed E-state index contributed by atoms with van der Waals surface area (Å²) in [5.41, 5.74) is 3.48. The van der Waals surface area contributed by atoms with Gasteiger partial charge in [0.25, 0.3) is 5.91 Å². The molecule has 1 aromatic heterocycles. The number of sulfonamides is 1. The summed E-state index contributed by atoms with van der Waals surface area (Å²) in [4.78, 5) is 13.1. The molecule has 1 atom stereocenters. The van der Waals surface area contributed by atoms with Crippen molar-refractivity contribution in [3.8, 4) is 0 Å². The van der Waals surface area contributed by atoms with Crippen LogP contribution < -0.4 is 10.0 Å². The zero-order valence-electron chi connectivity index (χ0n) is 16.7. The van der Waals surface area contributed by atoms with E-state index < -0.39 is 10.0 Å². The summed E-state index contributed by atoms with van der Waals surface area (Å²) in [7, 11) is -3.78. The van der Waals surface area contributed by atoms with Gasteiger partial charge < -0.3 is 9.73 Å². The van der Waals surface area contributed by atoms with Crippen molar-refractivity contribution in [2.24, 2.45) is 0 Å². The second-order valence-electron chi connectivity index (χ2n) is 7.50. The van der Waals surface area contributed by atoms with Gasteiger partial charge in [-0.3, -0.25) is 4.79 Å². The van der Waals surface area contributed by atoms with Gasteiger partial charge >= 0.3 is 0 Å². The molecule has 3 aromatic rings. The molecule has 2 N–H and O–H groups in total. The molecule has 7 heteroatoms. The summed E-state index contributed by atoms with van der Waals surface area (Å²) in [5.74, 6) is 0.247. The van der Waals surface area contributed by atoms with Gasteiger partial charge in [-0.05, 0) is 67.1 Å². The summed E-state index contributed by atoms with van der Waals surface area (Å²) in [5, 5.41) is 3.10. The Labute approximate surface area is 176 Å². The number of hydrogen-bond donors (Lipinski definition) is 2. The number of hydrogen-bond acceptors (Lipinski definition) is 4. The maximum absolute atomic E-state index is 13.0. The van der Waals surface area contributed by atoms with Gasteiger partial charge in [-0.2, -0.15) is 0 Å². The number of amides is 1. The molecule has 0 saturated carbocycles. The molecule has 6 nitrogen and oxygen atoms in total. The van der Waals surface area contributed by atoms with Crippen LogP contribution in [0.1, 0.15) is 51.7 Å². The van der Waals surface area contributed by atoms with E-state index in [1.54, 1.807) is 25.1 Å². The lowest BCUT2D eigenvalue weighted by atomic mass is 9.87. The van der Waals surface area contributed by atoms with Crippen LogP contribution in [0, 0.1) is 6.92 Å². The highest BCUT2D eigenvalue weighted by atomic mass is 32.2. The molecule has 2 aromatic carbocycles. The minimum atomic E-state index is -3.78. The van der Waals surface area contributed by atoms with Crippen LogP contribution in [0.4, 0.5) is 0 Å². The number of rotatable bonds is 6. The minimum Gasteiger partial charge on any atom is -0.468 e. The number of carbonyl (C=O) groups excluding carboxylic acids is 1. The second kappa shape index (κ2) is 8.45. The van der Waals surface area contributed by atoms with Crippen LogP contribution >= 0.6 is 0 Å². The molecule has 0 spiro atoms. The van der Waals surface area contributed by atoms with Crippen molar-refractivity contribution in [2.75, 3.05) is 0 Å². The van der Waals surface area contributed by atoms with E-state index in [0.717, 1.165) is 30.4 Å². The third-order valence-corrected chi connectivity index (χ3v) is 6.85. The molecule has 156 valence electrons.